The minimum atomic E-state index is 0. The summed E-state index contributed by atoms with van der Waals surface area (Å²) in [7, 11) is 1.82. The van der Waals surface area contributed by atoms with Crippen molar-refractivity contribution in [2.24, 2.45) is 10.9 Å². The van der Waals surface area contributed by atoms with E-state index in [1.165, 1.54) is 27.6 Å². The van der Waals surface area contributed by atoms with Crippen molar-refractivity contribution in [3.63, 3.8) is 0 Å². The fraction of sp³-hybridized carbons (Fsp3) is 0.524. The highest BCUT2D eigenvalue weighted by molar-refractivity contribution is 14.0. The largest absolute Gasteiger partial charge is 0.371 e. The number of hydrogen-bond acceptors (Lipinski definition) is 4. The van der Waals surface area contributed by atoms with E-state index in [0.717, 1.165) is 49.3 Å². The van der Waals surface area contributed by atoms with Crippen LogP contribution in [0.1, 0.15) is 27.6 Å². The Morgan fingerprint density at radius 2 is 2.10 bits per heavy atom. The van der Waals surface area contributed by atoms with Gasteiger partial charge in [-0.3, -0.25) is 4.99 Å². The lowest BCUT2D eigenvalue weighted by atomic mass is 10.1. The Kier molecular flexibility index (Phi) is 9.49. The molecule has 0 aliphatic carbocycles. The first-order valence-corrected chi connectivity index (χ1v) is 11.0. The molecule has 0 spiro atoms. The van der Waals surface area contributed by atoms with Gasteiger partial charge in [0.2, 0.25) is 0 Å². The molecule has 0 amide bonds. The first-order valence-electron chi connectivity index (χ1n) is 9.84. The molecule has 1 aliphatic heterocycles. The minimum absolute atomic E-state index is 0. The second-order valence-electron chi connectivity index (χ2n) is 7.41. The number of aromatic nitrogens is 1. The Morgan fingerprint density at radius 3 is 2.79 bits per heavy atom. The monoisotopic (exact) mass is 547 g/mol. The van der Waals surface area contributed by atoms with Gasteiger partial charge in [-0.05, 0) is 50.8 Å². The Morgan fingerprint density at radius 1 is 1.31 bits per heavy atom. The number of nitrogens with zero attached hydrogens (tertiary/aromatic N) is 3. The molecule has 1 fully saturated rings. The van der Waals surface area contributed by atoms with E-state index in [1.807, 2.05) is 13.1 Å². The molecular weight excluding hydrogens is 517 g/mol. The van der Waals surface area contributed by atoms with Crippen molar-refractivity contribution in [2.75, 3.05) is 38.1 Å². The minimum Gasteiger partial charge on any atom is -0.371 e. The number of thiazole rings is 1. The summed E-state index contributed by atoms with van der Waals surface area (Å²) in [5.74, 6) is 1.46. The van der Waals surface area contributed by atoms with Crippen LogP contribution in [0.3, 0.4) is 0 Å². The van der Waals surface area contributed by atoms with Gasteiger partial charge in [0.25, 0.3) is 0 Å². The molecule has 1 saturated heterocycles. The number of benzene rings is 1. The first-order chi connectivity index (χ1) is 13.5. The van der Waals surface area contributed by atoms with E-state index in [1.54, 1.807) is 11.3 Å². The van der Waals surface area contributed by atoms with Crippen LogP contribution in [0.15, 0.2) is 23.2 Å². The average molecular weight is 548 g/mol. The number of halogens is 2. The van der Waals surface area contributed by atoms with Gasteiger partial charge in [-0.2, -0.15) is 0 Å². The average Bonchev–Trinajstić information content (AvgIpc) is 3.26. The van der Waals surface area contributed by atoms with Crippen LogP contribution in [0.4, 0.5) is 5.69 Å². The van der Waals surface area contributed by atoms with Crippen molar-refractivity contribution in [3.8, 4) is 0 Å². The highest BCUT2D eigenvalue weighted by atomic mass is 127. The molecule has 2 N–H and O–H groups in total. The normalized spacial score (nSPS) is 16.7. The predicted octanol–water partition coefficient (Wildman–Crippen LogP) is 4.57. The second kappa shape index (κ2) is 11.4. The zero-order chi connectivity index (χ0) is 20.1. The molecule has 2 heterocycles. The summed E-state index contributed by atoms with van der Waals surface area (Å²) in [6.45, 7) is 10.2. The molecule has 2 aromatic rings. The van der Waals surface area contributed by atoms with E-state index in [-0.39, 0.29) is 24.0 Å². The third-order valence-corrected chi connectivity index (χ3v) is 6.65. The molecule has 0 bridgehead atoms. The Hall–Kier alpha value is -1.06. The second-order valence-corrected chi connectivity index (χ2v) is 9.13. The van der Waals surface area contributed by atoms with E-state index < -0.39 is 0 Å². The van der Waals surface area contributed by atoms with Crippen molar-refractivity contribution >= 4 is 58.6 Å². The Bertz CT molecular complexity index is 819. The molecule has 1 atom stereocenters. The molecule has 5 nitrogen and oxygen atoms in total. The molecule has 1 aliphatic rings. The van der Waals surface area contributed by atoms with Gasteiger partial charge in [-0.15, -0.1) is 35.3 Å². The number of guanidine groups is 1. The molecule has 29 heavy (non-hydrogen) atoms. The first kappa shape index (κ1) is 24.2. The Balaban J connectivity index is 0.00000300. The van der Waals surface area contributed by atoms with Gasteiger partial charge in [0.15, 0.2) is 5.96 Å². The third-order valence-electron chi connectivity index (χ3n) is 5.28. The van der Waals surface area contributed by atoms with Crippen LogP contribution in [-0.4, -0.2) is 44.2 Å². The molecular formula is C21H31ClIN5S. The molecule has 3 rings (SSSR count). The molecule has 0 saturated carbocycles. The highest BCUT2D eigenvalue weighted by Gasteiger charge is 2.24. The molecule has 160 valence electrons. The van der Waals surface area contributed by atoms with E-state index in [2.05, 4.69) is 58.4 Å². The van der Waals surface area contributed by atoms with Crippen molar-refractivity contribution in [1.29, 1.82) is 0 Å². The maximum atomic E-state index is 6.19. The fourth-order valence-corrected chi connectivity index (χ4v) is 4.64. The maximum absolute atomic E-state index is 6.19. The van der Waals surface area contributed by atoms with Crippen molar-refractivity contribution in [1.82, 2.24) is 15.6 Å². The topological polar surface area (TPSA) is 52.6 Å². The zero-order valence-electron chi connectivity index (χ0n) is 17.6. The van der Waals surface area contributed by atoms with Crippen LogP contribution < -0.4 is 15.5 Å². The summed E-state index contributed by atoms with van der Waals surface area (Å²) in [5, 5.41) is 8.87. The van der Waals surface area contributed by atoms with Gasteiger partial charge in [-0.25, -0.2) is 4.98 Å². The maximum Gasteiger partial charge on any atom is 0.191 e. The lowest BCUT2D eigenvalue weighted by Crippen LogP contribution is -2.41. The summed E-state index contributed by atoms with van der Waals surface area (Å²) in [6, 6.07) is 6.13. The van der Waals surface area contributed by atoms with Crippen molar-refractivity contribution in [2.45, 2.75) is 33.6 Å². The van der Waals surface area contributed by atoms with E-state index in [9.17, 15) is 0 Å². The summed E-state index contributed by atoms with van der Waals surface area (Å²) < 4.78 is 0. The summed E-state index contributed by atoms with van der Waals surface area (Å²) in [4.78, 5) is 12.7. The molecule has 0 radical (unpaired) electrons. The lowest BCUT2D eigenvalue weighted by molar-refractivity contribution is 0.565. The van der Waals surface area contributed by atoms with E-state index in [4.69, 9.17) is 11.6 Å². The molecule has 1 aromatic carbocycles. The number of anilines is 1. The number of aryl methyl sites for hydroxylation is 3. The summed E-state index contributed by atoms with van der Waals surface area (Å²) in [5.41, 5.74) is 3.68. The molecule has 8 heteroatoms. The smallest absolute Gasteiger partial charge is 0.191 e. The molecule has 1 aromatic heterocycles. The zero-order valence-corrected chi connectivity index (χ0v) is 21.5. The predicted molar refractivity (Wildman–Crippen MR) is 137 cm³/mol. The highest BCUT2D eigenvalue weighted by Crippen LogP contribution is 2.29. The van der Waals surface area contributed by atoms with Crippen LogP contribution in [0, 0.1) is 26.7 Å². The summed E-state index contributed by atoms with van der Waals surface area (Å²) >= 11 is 7.97. The van der Waals surface area contributed by atoms with Gasteiger partial charge in [0.05, 0.1) is 10.7 Å². The SMILES string of the molecule is CN=C(NCCc1nc(C)c(C)s1)NCC1CCN(c2cc(Cl)ccc2C)C1.I. The molecule has 1 unspecified atom stereocenters. The van der Waals surface area contributed by atoms with Gasteiger partial charge < -0.3 is 15.5 Å². The van der Waals surface area contributed by atoms with Gasteiger partial charge in [0.1, 0.15) is 0 Å². The van der Waals surface area contributed by atoms with Crippen LogP contribution >= 0.6 is 46.9 Å². The van der Waals surface area contributed by atoms with Crippen molar-refractivity contribution in [3.05, 3.63) is 44.4 Å². The third kappa shape index (κ3) is 6.72. The van der Waals surface area contributed by atoms with Crippen LogP contribution in [0.5, 0.6) is 0 Å². The van der Waals surface area contributed by atoms with Gasteiger partial charge in [-0.1, -0.05) is 17.7 Å². The van der Waals surface area contributed by atoms with Gasteiger partial charge in [0, 0.05) is 55.2 Å². The number of aliphatic imine (C=N–C) groups is 1. The number of hydrogen-bond donors (Lipinski definition) is 2. The quantitative estimate of drug-likeness (QED) is 0.316. The van der Waals surface area contributed by atoms with Crippen LogP contribution in [0.2, 0.25) is 5.02 Å². The Labute approximate surface area is 200 Å². The van der Waals surface area contributed by atoms with Gasteiger partial charge >= 0.3 is 0 Å². The number of rotatable bonds is 6. The van der Waals surface area contributed by atoms with Crippen LogP contribution in [0.25, 0.3) is 0 Å². The fourth-order valence-electron chi connectivity index (χ4n) is 3.54. The number of nitrogens with one attached hydrogen (secondary N) is 2. The standard InChI is InChI=1S/C21H30ClN5S.HI/c1-14-5-6-18(22)11-19(14)27-10-8-17(13-27)12-25-21(23-4)24-9-7-20-26-15(2)16(3)28-20;/h5-6,11,17H,7-10,12-13H2,1-4H3,(H2,23,24,25);1H. The van der Waals surface area contributed by atoms with E-state index >= 15 is 0 Å². The van der Waals surface area contributed by atoms with Crippen LogP contribution in [-0.2, 0) is 6.42 Å². The lowest BCUT2D eigenvalue weighted by Gasteiger charge is -2.21. The van der Waals surface area contributed by atoms with Crippen molar-refractivity contribution < 1.29 is 0 Å². The summed E-state index contributed by atoms with van der Waals surface area (Å²) in [6.07, 6.45) is 2.10. The van der Waals surface area contributed by atoms with E-state index in [0.29, 0.717) is 5.92 Å².